The molecule has 0 radical (unpaired) electrons. The molecule has 2 rings (SSSR count). The van der Waals surface area contributed by atoms with Gasteiger partial charge in [0.2, 0.25) is 0 Å². The van der Waals surface area contributed by atoms with E-state index in [0.717, 1.165) is 22.7 Å². The van der Waals surface area contributed by atoms with Crippen molar-refractivity contribution >= 4 is 46.4 Å². The molecule has 1 aromatic rings. The van der Waals surface area contributed by atoms with E-state index < -0.39 is 0 Å². The van der Waals surface area contributed by atoms with Crippen molar-refractivity contribution in [1.82, 2.24) is 0 Å². The molecule has 1 fully saturated rings. The second-order valence-electron chi connectivity index (χ2n) is 4.49. The second-order valence-corrected chi connectivity index (χ2v) is 7.05. The Morgan fingerprint density at radius 1 is 1.44 bits per heavy atom. The van der Waals surface area contributed by atoms with Gasteiger partial charge in [0, 0.05) is 27.4 Å². The highest BCUT2D eigenvalue weighted by Gasteiger charge is 2.41. The van der Waals surface area contributed by atoms with E-state index in [1.165, 1.54) is 12.8 Å². The molecule has 0 aromatic heterocycles. The molecule has 2 nitrogen and oxygen atoms in total. The molecular formula is C13H18N2S3. The van der Waals surface area contributed by atoms with Crippen molar-refractivity contribution in [3.8, 4) is 0 Å². The lowest BCUT2D eigenvalue weighted by atomic mass is 10.1. The van der Waals surface area contributed by atoms with Gasteiger partial charge in [-0.25, -0.2) is 0 Å². The van der Waals surface area contributed by atoms with Crippen molar-refractivity contribution in [2.75, 3.05) is 24.4 Å². The SMILES string of the molecule is CSc1cccc(NCC2(SC)CC2)c1C(N)=S. The van der Waals surface area contributed by atoms with Crippen molar-refractivity contribution in [1.29, 1.82) is 0 Å². The normalized spacial score (nSPS) is 16.3. The second kappa shape index (κ2) is 5.72. The first-order valence-electron chi connectivity index (χ1n) is 5.88. The summed E-state index contributed by atoms with van der Waals surface area (Å²) in [5.74, 6) is 0. The van der Waals surface area contributed by atoms with E-state index >= 15 is 0 Å². The predicted molar refractivity (Wildman–Crippen MR) is 88.1 cm³/mol. The summed E-state index contributed by atoms with van der Waals surface area (Å²) in [4.78, 5) is 1.61. The number of thiocarbonyl (C=S) groups is 1. The third-order valence-electron chi connectivity index (χ3n) is 3.33. The Morgan fingerprint density at radius 3 is 2.67 bits per heavy atom. The van der Waals surface area contributed by atoms with Crippen LogP contribution in [0.3, 0.4) is 0 Å². The summed E-state index contributed by atoms with van der Waals surface area (Å²) in [5.41, 5.74) is 7.90. The van der Waals surface area contributed by atoms with Crippen LogP contribution in [0.25, 0.3) is 0 Å². The fourth-order valence-corrected chi connectivity index (χ4v) is 3.60. The fraction of sp³-hybridized carbons (Fsp3) is 0.462. The van der Waals surface area contributed by atoms with Crippen LogP contribution in [0.15, 0.2) is 23.1 Å². The van der Waals surface area contributed by atoms with Crippen molar-refractivity contribution < 1.29 is 0 Å². The van der Waals surface area contributed by atoms with Gasteiger partial charge in [-0.3, -0.25) is 0 Å². The number of nitrogens with two attached hydrogens (primary N) is 1. The molecule has 0 saturated heterocycles. The Kier molecular flexibility index (Phi) is 4.45. The quantitative estimate of drug-likeness (QED) is 0.622. The zero-order valence-electron chi connectivity index (χ0n) is 10.7. The molecule has 0 amide bonds. The first kappa shape index (κ1) is 14.0. The van der Waals surface area contributed by atoms with Crippen molar-refractivity contribution in [3.63, 3.8) is 0 Å². The summed E-state index contributed by atoms with van der Waals surface area (Å²) < 4.78 is 0.433. The highest BCUT2D eigenvalue weighted by atomic mass is 32.2. The Bertz CT molecular complexity index is 456. The van der Waals surface area contributed by atoms with E-state index in [9.17, 15) is 0 Å². The maximum Gasteiger partial charge on any atom is 0.107 e. The number of hydrogen-bond acceptors (Lipinski definition) is 4. The van der Waals surface area contributed by atoms with Gasteiger partial charge < -0.3 is 11.1 Å². The molecule has 0 atom stereocenters. The number of rotatable bonds is 6. The monoisotopic (exact) mass is 298 g/mol. The van der Waals surface area contributed by atoms with Gasteiger partial charge in [0.15, 0.2) is 0 Å². The fourth-order valence-electron chi connectivity index (χ4n) is 1.95. The first-order chi connectivity index (χ1) is 8.62. The molecule has 3 N–H and O–H groups in total. The summed E-state index contributed by atoms with van der Waals surface area (Å²) in [6.45, 7) is 0.988. The van der Waals surface area contributed by atoms with Gasteiger partial charge in [-0.2, -0.15) is 11.8 Å². The molecular weight excluding hydrogens is 280 g/mol. The third-order valence-corrected chi connectivity index (χ3v) is 5.74. The van der Waals surface area contributed by atoms with Gasteiger partial charge >= 0.3 is 0 Å². The number of benzene rings is 1. The van der Waals surface area contributed by atoms with Crippen molar-refractivity contribution in [2.24, 2.45) is 5.73 Å². The lowest BCUT2D eigenvalue weighted by Crippen LogP contribution is -2.20. The maximum absolute atomic E-state index is 5.85. The number of thioether (sulfide) groups is 2. The van der Waals surface area contributed by atoms with Gasteiger partial charge in [0.25, 0.3) is 0 Å². The van der Waals surface area contributed by atoms with Crippen molar-refractivity contribution in [2.45, 2.75) is 22.5 Å². The van der Waals surface area contributed by atoms with Crippen LogP contribution in [0.5, 0.6) is 0 Å². The maximum atomic E-state index is 5.85. The standard InChI is InChI=1S/C13H18N2S3/c1-17-10-5-3-4-9(11(10)12(14)16)15-8-13(18-2)6-7-13/h3-5,15H,6-8H2,1-2H3,(H2,14,16). The zero-order valence-corrected chi connectivity index (χ0v) is 13.1. The molecule has 18 heavy (non-hydrogen) atoms. The van der Waals surface area contributed by atoms with Crippen LogP contribution >= 0.6 is 35.7 Å². The first-order valence-corrected chi connectivity index (χ1v) is 8.73. The van der Waals surface area contributed by atoms with Gasteiger partial charge in [-0.15, -0.1) is 11.8 Å². The van der Waals surface area contributed by atoms with Crippen LogP contribution in [-0.2, 0) is 0 Å². The highest BCUT2D eigenvalue weighted by molar-refractivity contribution is 8.00. The molecule has 1 aliphatic rings. The average Bonchev–Trinajstić information content (AvgIpc) is 3.16. The Labute approximate surface area is 122 Å². The molecule has 0 bridgehead atoms. The molecule has 5 heteroatoms. The van der Waals surface area contributed by atoms with Crippen LogP contribution in [0.2, 0.25) is 0 Å². The molecule has 1 saturated carbocycles. The Hall–Kier alpha value is -0.390. The molecule has 0 aliphatic heterocycles. The average molecular weight is 299 g/mol. The summed E-state index contributed by atoms with van der Waals surface area (Å²) in [7, 11) is 0. The molecule has 98 valence electrons. The zero-order chi connectivity index (χ0) is 13.2. The van der Waals surface area contributed by atoms with E-state index in [4.69, 9.17) is 18.0 Å². The number of hydrogen-bond donors (Lipinski definition) is 2. The lowest BCUT2D eigenvalue weighted by molar-refractivity contribution is 0.948. The third kappa shape index (κ3) is 2.95. The summed E-state index contributed by atoms with van der Waals surface area (Å²) in [6, 6.07) is 6.17. The summed E-state index contributed by atoms with van der Waals surface area (Å²) in [6.07, 6.45) is 6.82. The van der Waals surface area contributed by atoms with Crippen LogP contribution in [0, 0.1) is 0 Å². The van der Waals surface area contributed by atoms with Crippen LogP contribution in [0.1, 0.15) is 18.4 Å². The smallest absolute Gasteiger partial charge is 0.107 e. The van der Waals surface area contributed by atoms with E-state index in [1.54, 1.807) is 11.8 Å². The van der Waals surface area contributed by atoms with Gasteiger partial charge in [-0.05, 0) is 37.5 Å². The summed E-state index contributed by atoms with van der Waals surface area (Å²) >= 11 is 8.80. The Balaban J connectivity index is 2.19. The topological polar surface area (TPSA) is 38.0 Å². The minimum absolute atomic E-state index is 0.433. The highest BCUT2D eigenvalue weighted by Crippen LogP contribution is 2.47. The minimum Gasteiger partial charge on any atom is -0.389 e. The van der Waals surface area contributed by atoms with Crippen LogP contribution in [0.4, 0.5) is 5.69 Å². The van der Waals surface area contributed by atoms with Crippen molar-refractivity contribution in [3.05, 3.63) is 23.8 Å². The van der Waals surface area contributed by atoms with Gasteiger partial charge in [0.1, 0.15) is 4.99 Å². The molecule has 1 aliphatic carbocycles. The predicted octanol–water partition coefficient (Wildman–Crippen LogP) is 3.35. The van der Waals surface area contributed by atoms with Gasteiger partial charge in [-0.1, -0.05) is 18.3 Å². The minimum atomic E-state index is 0.433. The van der Waals surface area contributed by atoms with E-state index in [0.29, 0.717) is 9.74 Å². The Morgan fingerprint density at radius 2 is 2.17 bits per heavy atom. The molecule has 1 aromatic carbocycles. The largest absolute Gasteiger partial charge is 0.389 e. The lowest BCUT2D eigenvalue weighted by Gasteiger charge is -2.18. The van der Waals surface area contributed by atoms with Gasteiger partial charge in [0.05, 0.1) is 0 Å². The molecule has 0 heterocycles. The molecule has 0 unspecified atom stereocenters. The van der Waals surface area contributed by atoms with E-state index in [2.05, 4.69) is 29.8 Å². The number of anilines is 1. The summed E-state index contributed by atoms with van der Waals surface area (Å²) in [5, 5.41) is 3.52. The van der Waals surface area contributed by atoms with Crippen LogP contribution < -0.4 is 11.1 Å². The number of nitrogens with one attached hydrogen (secondary N) is 1. The van der Waals surface area contributed by atoms with Crippen LogP contribution in [-0.4, -0.2) is 28.8 Å². The van der Waals surface area contributed by atoms with E-state index in [-0.39, 0.29) is 0 Å². The molecule has 0 spiro atoms. The van der Waals surface area contributed by atoms with E-state index in [1.807, 2.05) is 18.0 Å².